The first-order valence-corrected chi connectivity index (χ1v) is 14.6. The van der Waals surface area contributed by atoms with Gasteiger partial charge < -0.3 is 24.7 Å². The fourth-order valence-electron chi connectivity index (χ4n) is 5.39. The van der Waals surface area contributed by atoms with E-state index in [4.69, 9.17) is 14.5 Å². The second-order valence-electron chi connectivity index (χ2n) is 11.2. The molecule has 0 bridgehead atoms. The van der Waals surface area contributed by atoms with Crippen LogP contribution in [0.25, 0.3) is 55.8 Å². The lowest BCUT2D eigenvalue weighted by Crippen LogP contribution is -2.34. The molecule has 6 aromatic rings. The van der Waals surface area contributed by atoms with E-state index in [0.717, 1.165) is 53.8 Å². The summed E-state index contributed by atoms with van der Waals surface area (Å²) in [5.74, 6) is 1.34. The van der Waals surface area contributed by atoms with Gasteiger partial charge in [-0.2, -0.15) is 5.10 Å². The lowest BCUT2D eigenvalue weighted by atomic mass is 10.1. The molecule has 224 valence electrons. The van der Waals surface area contributed by atoms with Gasteiger partial charge in [0.15, 0.2) is 5.82 Å². The molecule has 1 aliphatic rings. The van der Waals surface area contributed by atoms with E-state index in [-0.39, 0.29) is 6.10 Å². The van der Waals surface area contributed by atoms with Crippen molar-refractivity contribution in [3.05, 3.63) is 67.1 Å². The number of hydrogen-bond acceptors (Lipinski definition) is 9. The number of pyridine rings is 3. The number of benzene rings is 1. The molecule has 0 spiro atoms. The summed E-state index contributed by atoms with van der Waals surface area (Å²) >= 11 is 0. The van der Waals surface area contributed by atoms with Crippen LogP contribution in [0, 0.1) is 5.82 Å². The molecule has 0 unspecified atom stereocenters. The van der Waals surface area contributed by atoms with Gasteiger partial charge in [0, 0.05) is 41.5 Å². The van der Waals surface area contributed by atoms with Gasteiger partial charge >= 0.3 is 0 Å². The summed E-state index contributed by atoms with van der Waals surface area (Å²) < 4.78 is 26.7. The van der Waals surface area contributed by atoms with Crippen LogP contribution >= 0.6 is 0 Å². The fraction of sp³-hybridized carbons (Fsp3) is 0.281. The fourth-order valence-corrected chi connectivity index (χ4v) is 5.39. The third-order valence-corrected chi connectivity index (χ3v) is 7.65. The predicted molar refractivity (Wildman–Crippen MR) is 166 cm³/mol. The Bertz CT molecular complexity index is 1930. The molecule has 44 heavy (non-hydrogen) atoms. The summed E-state index contributed by atoms with van der Waals surface area (Å²) in [7, 11) is 3.92. The molecule has 11 nitrogen and oxygen atoms in total. The van der Waals surface area contributed by atoms with E-state index in [1.54, 1.807) is 31.0 Å². The Morgan fingerprint density at radius 2 is 1.75 bits per heavy atom. The number of nitrogens with one attached hydrogen (secondary N) is 3. The molecule has 0 radical (unpaired) electrons. The number of hydrogen-bond donors (Lipinski definition) is 3. The number of ether oxygens (including phenoxy) is 2. The number of halogens is 1. The molecule has 12 heteroatoms. The van der Waals surface area contributed by atoms with Crippen molar-refractivity contribution in [3.63, 3.8) is 0 Å². The zero-order chi connectivity index (χ0) is 30.0. The van der Waals surface area contributed by atoms with Gasteiger partial charge in [-0.15, -0.1) is 0 Å². The van der Waals surface area contributed by atoms with Crippen LogP contribution < -0.4 is 14.8 Å². The third-order valence-electron chi connectivity index (χ3n) is 7.65. The van der Waals surface area contributed by atoms with E-state index < -0.39 is 5.82 Å². The minimum atomic E-state index is -0.395. The van der Waals surface area contributed by atoms with Crippen LogP contribution in [0.3, 0.4) is 0 Å². The number of imidazole rings is 1. The minimum Gasteiger partial charge on any atom is -0.492 e. The molecule has 0 atom stereocenters. The highest BCUT2D eigenvalue weighted by Gasteiger charge is 2.19. The molecule has 5 aromatic heterocycles. The molecule has 1 saturated heterocycles. The molecule has 0 saturated carbocycles. The number of nitrogens with zero attached hydrogens (tertiary/aromatic N) is 6. The summed E-state index contributed by atoms with van der Waals surface area (Å²) in [6.07, 6.45) is 10.8. The van der Waals surface area contributed by atoms with Crippen LogP contribution in [0.2, 0.25) is 0 Å². The van der Waals surface area contributed by atoms with Crippen molar-refractivity contribution < 1.29 is 13.9 Å². The summed E-state index contributed by atoms with van der Waals surface area (Å²) in [4.78, 5) is 23.7. The normalized spacial score (nSPS) is 14.1. The molecule has 3 N–H and O–H groups in total. The predicted octanol–water partition coefficient (Wildman–Crippen LogP) is 4.84. The van der Waals surface area contributed by atoms with E-state index in [0.29, 0.717) is 52.6 Å². The minimum absolute atomic E-state index is 0.172. The molecule has 6 heterocycles. The number of likely N-dealkylation sites (N-methyl/N-ethyl adjacent to an activating group) is 1. The molecule has 1 aliphatic heterocycles. The molecule has 0 amide bonds. The summed E-state index contributed by atoms with van der Waals surface area (Å²) in [5, 5.41) is 11.8. The SMILES string of the molecule is CN(C)CCOc1cc(F)cc(-c2cncc3[nH]c(-c4n[nH]c5cnc(-c6cncc(OC7CCNCC7)c6)cc45)nc23)c1. The highest BCUT2D eigenvalue weighted by atomic mass is 19.1. The lowest BCUT2D eigenvalue weighted by Gasteiger charge is -2.23. The van der Waals surface area contributed by atoms with E-state index >= 15 is 0 Å². The maximum Gasteiger partial charge on any atom is 0.159 e. The largest absolute Gasteiger partial charge is 0.492 e. The number of H-pyrrole nitrogens is 2. The first-order chi connectivity index (χ1) is 21.5. The van der Waals surface area contributed by atoms with Crippen LogP contribution in [-0.2, 0) is 0 Å². The van der Waals surface area contributed by atoms with Crippen molar-refractivity contribution in [2.45, 2.75) is 18.9 Å². The Kier molecular flexibility index (Phi) is 7.59. The Balaban J connectivity index is 1.21. The van der Waals surface area contributed by atoms with Gasteiger partial charge in [0.25, 0.3) is 0 Å². The quantitative estimate of drug-likeness (QED) is 0.216. The zero-order valence-electron chi connectivity index (χ0n) is 24.5. The van der Waals surface area contributed by atoms with Gasteiger partial charge in [-0.1, -0.05) is 0 Å². The Morgan fingerprint density at radius 1 is 0.909 bits per heavy atom. The first-order valence-electron chi connectivity index (χ1n) is 14.6. The maximum atomic E-state index is 14.6. The summed E-state index contributed by atoms with van der Waals surface area (Å²) in [6, 6.07) is 8.59. The van der Waals surface area contributed by atoms with Crippen LogP contribution in [0.15, 0.2) is 61.3 Å². The lowest BCUT2D eigenvalue weighted by molar-refractivity contribution is 0.162. The number of fused-ring (bicyclic) bond motifs is 2. The third kappa shape index (κ3) is 5.81. The highest BCUT2D eigenvalue weighted by molar-refractivity contribution is 5.97. The molecule has 7 rings (SSSR count). The van der Waals surface area contributed by atoms with Crippen molar-refractivity contribution in [1.82, 2.24) is 45.3 Å². The second-order valence-corrected chi connectivity index (χ2v) is 11.2. The van der Waals surface area contributed by atoms with E-state index in [1.807, 2.05) is 37.2 Å². The second kappa shape index (κ2) is 12.0. The van der Waals surface area contributed by atoms with Crippen LogP contribution in [0.4, 0.5) is 4.39 Å². The smallest absolute Gasteiger partial charge is 0.159 e. The van der Waals surface area contributed by atoms with Gasteiger partial charge in [-0.25, -0.2) is 9.37 Å². The highest BCUT2D eigenvalue weighted by Crippen LogP contribution is 2.34. The number of piperidine rings is 1. The number of aromatic nitrogens is 7. The molecular formula is C32H32FN9O2. The Morgan fingerprint density at radius 3 is 2.61 bits per heavy atom. The van der Waals surface area contributed by atoms with Crippen molar-refractivity contribution >= 4 is 21.9 Å². The molecule has 1 fully saturated rings. The maximum absolute atomic E-state index is 14.6. The zero-order valence-corrected chi connectivity index (χ0v) is 24.5. The van der Waals surface area contributed by atoms with Crippen molar-refractivity contribution in [1.29, 1.82) is 0 Å². The standard InChI is InChI=1S/C32H32FN9O2/c1-42(2)7-8-43-23-10-19(9-21(33)12-23)26-16-36-17-29-30(26)39-32(38-29)31-25-13-27(37-18-28(25)40-41-31)20-11-24(15-35-14-20)44-22-3-5-34-6-4-22/h9-18,22,34H,3-8H2,1-2H3,(H,38,39)(H,40,41). The molecule has 1 aromatic carbocycles. The first kappa shape index (κ1) is 27.9. The Labute approximate surface area is 252 Å². The summed E-state index contributed by atoms with van der Waals surface area (Å²) in [5.41, 5.74) is 5.64. The van der Waals surface area contributed by atoms with E-state index in [2.05, 4.69) is 35.5 Å². The average molecular weight is 594 g/mol. The number of aromatic amines is 2. The van der Waals surface area contributed by atoms with E-state index in [1.165, 1.54) is 12.1 Å². The summed E-state index contributed by atoms with van der Waals surface area (Å²) in [6.45, 7) is 3.06. The monoisotopic (exact) mass is 593 g/mol. The topological polar surface area (TPSA) is 130 Å². The van der Waals surface area contributed by atoms with Gasteiger partial charge in [0.1, 0.15) is 35.7 Å². The van der Waals surface area contributed by atoms with Gasteiger partial charge in [-0.05, 0) is 69.9 Å². The van der Waals surface area contributed by atoms with Gasteiger partial charge in [-0.3, -0.25) is 20.1 Å². The van der Waals surface area contributed by atoms with Gasteiger partial charge in [0.2, 0.25) is 0 Å². The van der Waals surface area contributed by atoms with E-state index in [9.17, 15) is 4.39 Å². The van der Waals surface area contributed by atoms with Crippen molar-refractivity contribution in [2.75, 3.05) is 40.3 Å². The van der Waals surface area contributed by atoms with Crippen LogP contribution in [0.5, 0.6) is 11.5 Å². The van der Waals surface area contributed by atoms with Crippen molar-refractivity contribution in [3.8, 4) is 45.4 Å². The van der Waals surface area contributed by atoms with Crippen molar-refractivity contribution in [2.24, 2.45) is 0 Å². The molecule has 0 aliphatic carbocycles. The number of rotatable bonds is 9. The average Bonchev–Trinajstić information content (AvgIpc) is 3.65. The Hall–Kier alpha value is -4.94. The van der Waals surface area contributed by atoms with Crippen LogP contribution in [-0.4, -0.2) is 86.5 Å². The van der Waals surface area contributed by atoms with Crippen LogP contribution in [0.1, 0.15) is 12.8 Å². The van der Waals surface area contributed by atoms with Gasteiger partial charge in [0.05, 0.1) is 40.8 Å². The molecular weight excluding hydrogens is 561 g/mol.